The monoisotopic (exact) mass is 724 g/mol. The lowest BCUT2D eigenvalue weighted by Crippen LogP contribution is -2.00. The molecule has 0 amide bonds. The minimum atomic E-state index is 0.642. The van der Waals surface area contributed by atoms with Crippen LogP contribution in [-0.4, -0.2) is 19.9 Å². The first-order valence-corrected chi connectivity index (χ1v) is 19.5. The van der Waals surface area contributed by atoms with E-state index in [-0.39, 0.29) is 0 Å². The highest BCUT2D eigenvalue weighted by molar-refractivity contribution is 7.28. The summed E-state index contributed by atoms with van der Waals surface area (Å²) < 4.78 is 3.75. The van der Waals surface area contributed by atoms with Gasteiger partial charge in [0, 0.05) is 47.8 Å². The maximum absolute atomic E-state index is 5.17. The SMILES string of the molecule is c1ccc(-c2cccc(-c3nc(-c4ccc5ccccc5c4)nc(-c4ccc5ccc6c(sc7ccc8nc(-c9ccccc9)sc8c76)c5c4)n3)c2)cc1. The van der Waals surface area contributed by atoms with Crippen LogP contribution in [0.15, 0.2) is 170 Å². The number of rotatable bonds is 5. The molecular formula is C48H28N4S2. The molecule has 0 aliphatic carbocycles. The molecule has 8 aromatic carbocycles. The van der Waals surface area contributed by atoms with Gasteiger partial charge in [-0.1, -0.05) is 140 Å². The maximum Gasteiger partial charge on any atom is 0.164 e. The summed E-state index contributed by atoms with van der Waals surface area (Å²) >= 11 is 3.61. The van der Waals surface area contributed by atoms with E-state index in [1.807, 2.05) is 23.5 Å². The molecular weight excluding hydrogens is 697 g/mol. The highest BCUT2D eigenvalue weighted by atomic mass is 32.1. The van der Waals surface area contributed by atoms with E-state index in [0.29, 0.717) is 17.5 Å². The Morgan fingerprint density at radius 3 is 1.72 bits per heavy atom. The van der Waals surface area contributed by atoms with Crippen molar-refractivity contribution in [3.63, 3.8) is 0 Å². The first kappa shape index (κ1) is 31.0. The van der Waals surface area contributed by atoms with Crippen molar-refractivity contribution in [2.24, 2.45) is 0 Å². The van der Waals surface area contributed by atoms with Crippen molar-refractivity contribution in [1.29, 1.82) is 0 Å². The van der Waals surface area contributed by atoms with Gasteiger partial charge in [-0.15, -0.1) is 22.7 Å². The number of thiophene rings is 1. The zero-order valence-electron chi connectivity index (χ0n) is 28.8. The van der Waals surface area contributed by atoms with Crippen LogP contribution in [0.4, 0.5) is 0 Å². The summed E-state index contributed by atoms with van der Waals surface area (Å²) in [5, 5.41) is 8.27. The van der Waals surface area contributed by atoms with E-state index in [1.54, 1.807) is 11.3 Å². The Kier molecular flexibility index (Phi) is 7.18. The molecule has 4 nitrogen and oxygen atoms in total. The molecule has 6 heteroatoms. The summed E-state index contributed by atoms with van der Waals surface area (Å²) in [6.07, 6.45) is 0. The van der Waals surface area contributed by atoms with Crippen molar-refractivity contribution >= 4 is 74.6 Å². The fourth-order valence-corrected chi connectivity index (χ4v) is 9.86. The smallest absolute Gasteiger partial charge is 0.164 e. The molecule has 0 aliphatic rings. The normalized spacial score (nSPS) is 11.7. The predicted octanol–water partition coefficient (Wildman–Crippen LogP) is 13.5. The van der Waals surface area contributed by atoms with Gasteiger partial charge < -0.3 is 0 Å². The van der Waals surface area contributed by atoms with Gasteiger partial charge in [-0.3, -0.25) is 0 Å². The Morgan fingerprint density at radius 1 is 0.333 bits per heavy atom. The van der Waals surface area contributed by atoms with Crippen LogP contribution in [0.2, 0.25) is 0 Å². The second-order valence-corrected chi connectivity index (χ2v) is 15.5. The standard InChI is InChI=1S/C48H28N4S2/c1-3-10-29(11-4-1)34-16-9-17-35(26-34)45-50-46(36-20-18-30-12-7-8-15-33(30)27-36)52-47(51-45)37-21-19-31-22-23-38-42-41(53-43(38)39(31)28-37)25-24-40-44(42)54-48(49-40)32-13-5-2-6-14-32/h1-28H. The summed E-state index contributed by atoms with van der Waals surface area (Å²) in [6, 6.07) is 59.7. The number of hydrogen-bond acceptors (Lipinski definition) is 6. The first-order valence-electron chi connectivity index (χ1n) is 17.9. The fraction of sp³-hybridized carbons (Fsp3) is 0. The number of hydrogen-bond donors (Lipinski definition) is 0. The molecule has 11 aromatic rings. The van der Waals surface area contributed by atoms with E-state index >= 15 is 0 Å². The van der Waals surface area contributed by atoms with E-state index in [4.69, 9.17) is 19.9 Å². The molecule has 0 unspecified atom stereocenters. The maximum atomic E-state index is 5.17. The van der Waals surface area contributed by atoms with Gasteiger partial charge >= 0.3 is 0 Å². The molecule has 0 atom stereocenters. The van der Waals surface area contributed by atoms with Crippen LogP contribution in [0.5, 0.6) is 0 Å². The topological polar surface area (TPSA) is 51.6 Å². The van der Waals surface area contributed by atoms with E-state index in [0.717, 1.165) is 49.3 Å². The van der Waals surface area contributed by atoms with E-state index < -0.39 is 0 Å². The largest absolute Gasteiger partial charge is 0.236 e. The molecule has 0 N–H and O–H groups in total. The Balaban J connectivity index is 1.10. The number of nitrogens with zero attached hydrogens (tertiary/aromatic N) is 4. The third kappa shape index (κ3) is 5.26. The average molecular weight is 725 g/mol. The average Bonchev–Trinajstić information content (AvgIpc) is 3.86. The molecule has 0 spiro atoms. The first-order chi connectivity index (χ1) is 26.7. The quantitative estimate of drug-likeness (QED) is 0.177. The highest BCUT2D eigenvalue weighted by Crippen LogP contribution is 2.45. The van der Waals surface area contributed by atoms with Gasteiger partial charge in [0.25, 0.3) is 0 Å². The van der Waals surface area contributed by atoms with Crippen LogP contribution in [0, 0.1) is 0 Å². The minimum Gasteiger partial charge on any atom is -0.236 e. The third-order valence-electron chi connectivity index (χ3n) is 10.1. The molecule has 11 rings (SSSR count). The molecule has 252 valence electrons. The molecule has 0 fully saturated rings. The minimum absolute atomic E-state index is 0.642. The van der Waals surface area contributed by atoms with Gasteiger partial charge in [-0.2, -0.15) is 0 Å². The van der Waals surface area contributed by atoms with Gasteiger partial charge in [-0.25, -0.2) is 19.9 Å². The lowest BCUT2D eigenvalue weighted by atomic mass is 10.0. The molecule has 0 bridgehead atoms. The summed E-state index contributed by atoms with van der Waals surface area (Å²) in [5.74, 6) is 1.93. The Labute approximate surface area is 318 Å². The van der Waals surface area contributed by atoms with Crippen LogP contribution in [0.3, 0.4) is 0 Å². The third-order valence-corrected chi connectivity index (χ3v) is 12.5. The van der Waals surface area contributed by atoms with Crippen LogP contribution in [-0.2, 0) is 0 Å². The van der Waals surface area contributed by atoms with Crippen molar-refractivity contribution in [1.82, 2.24) is 19.9 Å². The van der Waals surface area contributed by atoms with Crippen LogP contribution >= 0.6 is 22.7 Å². The van der Waals surface area contributed by atoms with Crippen molar-refractivity contribution in [2.75, 3.05) is 0 Å². The number of thiazole rings is 1. The Bertz CT molecular complexity index is 3220. The summed E-state index contributed by atoms with van der Waals surface area (Å²) in [6.45, 7) is 0. The molecule has 3 heterocycles. The Hall–Kier alpha value is -6.60. The van der Waals surface area contributed by atoms with E-state index in [2.05, 4.69) is 158 Å². The number of aromatic nitrogens is 4. The van der Waals surface area contributed by atoms with Crippen molar-refractivity contribution in [2.45, 2.75) is 0 Å². The van der Waals surface area contributed by atoms with Crippen molar-refractivity contribution < 1.29 is 0 Å². The molecule has 54 heavy (non-hydrogen) atoms. The van der Waals surface area contributed by atoms with Crippen LogP contribution in [0.25, 0.3) is 108 Å². The van der Waals surface area contributed by atoms with E-state index in [1.165, 1.54) is 41.0 Å². The lowest BCUT2D eigenvalue weighted by Gasteiger charge is -2.11. The molecule has 0 saturated carbocycles. The summed E-state index contributed by atoms with van der Waals surface area (Å²) in [4.78, 5) is 20.5. The van der Waals surface area contributed by atoms with Gasteiger partial charge in [0.2, 0.25) is 0 Å². The highest BCUT2D eigenvalue weighted by Gasteiger charge is 2.18. The van der Waals surface area contributed by atoms with Crippen molar-refractivity contribution in [3.05, 3.63) is 170 Å². The lowest BCUT2D eigenvalue weighted by molar-refractivity contribution is 1.08. The number of fused-ring (bicyclic) bond motifs is 8. The predicted molar refractivity (Wildman–Crippen MR) is 228 cm³/mol. The molecule has 3 aromatic heterocycles. The molecule has 0 aliphatic heterocycles. The summed E-state index contributed by atoms with van der Waals surface area (Å²) in [7, 11) is 0. The second-order valence-electron chi connectivity index (χ2n) is 13.5. The van der Waals surface area contributed by atoms with Gasteiger partial charge in [0.05, 0.1) is 10.2 Å². The van der Waals surface area contributed by atoms with Gasteiger partial charge in [0.15, 0.2) is 17.5 Å². The van der Waals surface area contributed by atoms with Crippen LogP contribution < -0.4 is 0 Å². The van der Waals surface area contributed by atoms with Gasteiger partial charge in [-0.05, 0) is 57.6 Å². The molecule has 0 saturated heterocycles. The fourth-order valence-electron chi connectivity index (χ4n) is 7.43. The van der Waals surface area contributed by atoms with Crippen molar-refractivity contribution in [3.8, 4) is 55.9 Å². The van der Waals surface area contributed by atoms with Gasteiger partial charge in [0.1, 0.15) is 5.01 Å². The zero-order chi connectivity index (χ0) is 35.6. The number of benzene rings is 8. The Morgan fingerprint density at radius 2 is 0.944 bits per heavy atom. The second kappa shape index (κ2) is 12.5. The van der Waals surface area contributed by atoms with Crippen LogP contribution in [0.1, 0.15) is 0 Å². The zero-order valence-corrected chi connectivity index (χ0v) is 30.4. The van der Waals surface area contributed by atoms with E-state index in [9.17, 15) is 0 Å². The molecule has 0 radical (unpaired) electrons. The summed E-state index contributed by atoms with van der Waals surface area (Å²) in [5.41, 5.74) is 7.30.